The van der Waals surface area contributed by atoms with Gasteiger partial charge < -0.3 is 10.2 Å². The molecule has 30 heavy (non-hydrogen) atoms. The minimum absolute atomic E-state index is 0.151. The molecule has 1 saturated carbocycles. The summed E-state index contributed by atoms with van der Waals surface area (Å²) in [7, 11) is -3.55. The third kappa shape index (κ3) is 5.80. The molecule has 0 atom stereocenters. The van der Waals surface area contributed by atoms with E-state index in [1.54, 1.807) is 13.0 Å². The Balaban J connectivity index is 1.47. The standard InChI is InChI=1S/C21H32N4O4S/c1-16-8-9-17(2)19(14-16)30(28,29)25-12-10-24(11-13-25)15-20(26)23-21(27)22-18-6-4-3-5-7-18/h8-9,14,18H,3-7,10-13,15H2,1-2H3,(H2,22,23,26,27)/p+1. The van der Waals surface area contributed by atoms with Crippen LogP contribution < -0.4 is 15.5 Å². The summed E-state index contributed by atoms with van der Waals surface area (Å²) in [6.45, 7) is 5.61. The second-order valence-electron chi connectivity index (χ2n) is 8.46. The van der Waals surface area contributed by atoms with Crippen molar-refractivity contribution in [2.45, 2.75) is 56.9 Å². The van der Waals surface area contributed by atoms with Crippen molar-refractivity contribution in [2.24, 2.45) is 0 Å². The number of quaternary nitrogens is 1. The highest BCUT2D eigenvalue weighted by Crippen LogP contribution is 2.21. The Morgan fingerprint density at radius 2 is 1.77 bits per heavy atom. The minimum Gasteiger partial charge on any atom is -0.335 e. The molecule has 1 aliphatic heterocycles. The van der Waals surface area contributed by atoms with Gasteiger partial charge in [0.25, 0.3) is 5.91 Å². The Labute approximate surface area is 179 Å². The molecule has 1 aliphatic carbocycles. The molecule has 3 rings (SSSR count). The van der Waals surface area contributed by atoms with E-state index >= 15 is 0 Å². The lowest BCUT2D eigenvalue weighted by Gasteiger charge is -2.31. The Hall–Kier alpha value is -1.97. The van der Waals surface area contributed by atoms with Gasteiger partial charge in [-0.3, -0.25) is 10.1 Å². The summed E-state index contributed by atoms with van der Waals surface area (Å²) in [6, 6.07) is 5.16. The molecule has 8 nitrogen and oxygen atoms in total. The van der Waals surface area contributed by atoms with Gasteiger partial charge in [0.05, 0.1) is 31.1 Å². The molecule has 166 valence electrons. The van der Waals surface area contributed by atoms with E-state index in [2.05, 4.69) is 10.6 Å². The Bertz CT molecular complexity index is 873. The van der Waals surface area contributed by atoms with E-state index in [9.17, 15) is 18.0 Å². The van der Waals surface area contributed by atoms with Crippen LogP contribution in [0.3, 0.4) is 0 Å². The van der Waals surface area contributed by atoms with E-state index in [0.717, 1.165) is 41.7 Å². The lowest BCUT2D eigenvalue weighted by atomic mass is 9.96. The van der Waals surface area contributed by atoms with E-state index in [0.29, 0.717) is 31.1 Å². The van der Waals surface area contributed by atoms with Crippen molar-refractivity contribution >= 4 is 22.0 Å². The number of hydrogen-bond donors (Lipinski definition) is 3. The summed E-state index contributed by atoms with van der Waals surface area (Å²) < 4.78 is 27.5. The molecule has 0 radical (unpaired) electrons. The summed E-state index contributed by atoms with van der Waals surface area (Å²) in [6.07, 6.45) is 5.34. The highest BCUT2D eigenvalue weighted by Gasteiger charge is 2.32. The average molecular weight is 438 g/mol. The van der Waals surface area contributed by atoms with Crippen LogP contribution in [0.4, 0.5) is 4.79 Å². The lowest BCUT2D eigenvalue weighted by molar-refractivity contribution is -0.895. The van der Waals surface area contributed by atoms with Crippen molar-refractivity contribution in [3.8, 4) is 0 Å². The molecule has 9 heteroatoms. The van der Waals surface area contributed by atoms with Crippen LogP contribution in [0.2, 0.25) is 0 Å². The first-order chi connectivity index (χ1) is 14.3. The number of hydrogen-bond acceptors (Lipinski definition) is 4. The molecule has 3 N–H and O–H groups in total. The van der Waals surface area contributed by atoms with Gasteiger partial charge in [-0.25, -0.2) is 13.2 Å². The number of imide groups is 1. The van der Waals surface area contributed by atoms with Gasteiger partial charge in [0.15, 0.2) is 6.54 Å². The first-order valence-corrected chi connectivity index (χ1v) is 12.2. The predicted molar refractivity (Wildman–Crippen MR) is 114 cm³/mol. The van der Waals surface area contributed by atoms with Crippen LogP contribution >= 0.6 is 0 Å². The molecule has 0 spiro atoms. The van der Waals surface area contributed by atoms with E-state index in [1.165, 1.54) is 10.7 Å². The van der Waals surface area contributed by atoms with Crippen LogP contribution in [0.25, 0.3) is 0 Å². The zero-order chi connectivity index (χ0) is 21.7. The molecule has 1 heterocycles. The maximum atomic E-state index is 13.0. The monoisotopic (exact) mass is 437 g/mol. The first-order valence-electron chi connectivity index (χ1n) is 10.8. The predicted octanol–water partition coefficient (Wildman–Crippen LogP) is 0.351. The van der Waals surface area contributed by atoms with Gasteiger partial charge in [0.2, 0.25) is 10.0 Å². The van der Waals surface area contributed by atoms with E-state index in [4.69, 9.17) is 0 Å². The van der Waals surface area contributed by atoms with Gasteiger partial charge in [-0.1, -0.05) is 31.4 Å². The number of aryl methyl sites for hydroxylation is 2. The van der Waals surface area contributed by atoms with E-state index in [1.807, 2.05) is 19.1 Å². The summed E-state index contributed by atoms with van der Waals surface area (Å²) in [5.41, 5.74) is 1.64. The fraction of sp³-hybridized carbons (Fsp3) is 0.619. The fourth-order valence-electron chi connectivity index (χ4n) is 4.21. The van der Waals surface area contributed by atoms with Crippen molar-refractivity contribution in [3.05, 3.63) is 29.3 Å². The van der Waals surface area contributed by atoms with Gasteiger partial charge in [-0.2, -0.15) is 4.31 Å². The molecule has 1 aromatic rings. The maximum Gasteiger partial charge on any atom is 0.321 e. The number of piperazine rings is 1. The first kappa shape index (κ1) is 22.7. The third-order valence-electron chi connectivity index (χ3n) is 5.99. The summed E-state index contributed by atoms with van der Waals surface area (Å²) in [5, 5.41) is 5.29. The highest BCUT2D eigenvalue weighted by molar-refractivity contribution is 7.89. The quantitative estimate of drug-likeness (QED) is 0.619. The van der Waals surface area contributed by atoms with Gasteiger partial charge in [0, 0.05) is 6.04 Å². The number of sulfonamides is 1. The third-order valence-corrected chi connectivity index (χ3v) is 8.04. The van der Waals surface area contributed by atoms with Crippen molar-refractivity contribution in [3.63, 3.8) is 0 Å². The Morgan fingerprint density at radius 3 is 2.43 bits per heavy atom. The summed E-state index contributed by atoms with van der Waals surface area (Å²) >= 11 is 0. The normalized spacial score (nSPS) is 19.4. The van der Waals surface area contributed by atoms with Crippen molar-refractivity contribution < 1.29 is 22.9 Å². The van der Waals surface area contributed by atoms with Crippen molar-refractivity contribution in [2.75, 3.05) is 32.7 Å². The highest BCUT2D eigenvalue weighted by atomic mass is 32.2. The number of nitrogens with one attached hydrogen (secondary N) is 3. The topological polar surface area (TPSA) is 100 Å². The molecule has 0 unspecified atom stereocenters. The molecule has 0 aromatic heterocycles. The zero-order valence-electron chi connectivity index (χ0n) is 17.9. The number of carbonyl (C=O) groups excluding carboxylic acids is 2. The molecule has 1 aromatic carbocycles. The van der Waals surface area contributed by atoms with E-state index < -0.39 is 16.1 Å². The maximum absolute atomic E-state index is 13.0. The molecule has 3 amide bonds. The number of nitrogens with zero attached hydrogens (tertiary/aromatic N) is 1. The van der Waals surface area contributed by atoms with Gasteiger partial charge in [-0.15, -0.1) is 0 Å². The van der Waals surface area contributed by atoms with Crippen LogP contribution in [0.1, 0.15) is 43.2 Å². The summed E-state index contributed by atoms with van der Waals surface area (Å²) in [4.78, 5) is 25.6. The van der Waals surface area contributed by atoms with Crippen LogP contribution in [0.5, 0.6) is 0 Å². The minimum atomic E-state index is -3.55. The Morgan fingerprint density at radius 1 is 1.10 bits per heavy atom. The van der Waals surface area contributed by atoms with Crippen molar-refractivity contribution in [1.82, 2.24) is 14.9 Å². The smallest absolute Gasteiger partial charge is 0.321 e. The van der Waals surface area contributed by atoms with Gasteiger partial charge in [0.1, 0.15) is 0 Å². The van der Waals surface area contributed by atoms with Crippen molar-refractivity contribution in [1.29, 1.82) is 0 Å². The molecule has 0 bridgehead atoms. The van der Waals surface area contributed by atoms with Gasteiger partial charge in [-0.05, 0) is 43.9 Å². The number of urea groups is 1. The number of rotatable bonds is 5. The molecule has 1 saturated heterocycles. The number of amides is 3. The van der Waals surface area contributed by atoms with Crippen LogP contribution in [-0.2, 0) is 14.8 Å². The molecule has 2 fully saturated rings. The molecule has 2 aliphatic rings. The van der Waals surface area contributed by atoms with Crippen LogP contribution in [0.15, 0.2) is 23.1 Å². The van der Waals surface area contributed by atoms with Crippen LogP contribution in [0, 0.1) is 13.8 Å². The number of carbonyl (C=O) groups is 2. The Kier molecular flexibility index (Phi) is 7.49. The average Bonchev–Trinajstić information content (AvgIpc) is 2.70. The SMILES string of the molecule is Cc1ccc(C)c(S(=O)(=O)N2CC[NH+](CC(=O)NC(=O)NC3CCCCC3)CC2)c1. The molecular weight excluding hydrogens is 404 g/mol. The van der Waals surface area contributed by atoms with Crippen LogP contribution in [-0.4, -0.2) is 63.4 Å². The molecular formula is C21H33N4O4S+. The second-order valence-corrected chi connectivity index (χ2v) is 10.4. The fourth-order valence-corrected chi connectivity index (χ4v) is 5.96. The largest absolute Gasteiger partial charge is 0.335 e. The zero-order valence-corrected chi connectivity index (χ0v) is 18.7. The summed E-state index contributed by atoms with van der Waals surface area (Å²) in [5.74, 6) is -0.329. The van der Waals surface area contributed by atoms with Gasteiger partial charge >= 0.3 is 6.03 Å². The van der Waals surface area contributed by atoms with E-state index in [-0.39, 0.29) is 18.5 Å². The number of benzene rings is 1. The lowest BCUT2D eigenvalue weighted by Crippen LogP contribution is -3.15. The second kappa shape index (κ2) is 9.89.